The largest absolute Gasteiger partial charge is 0.348 e. The van der Waals surface area contributed by atoms with E-state index in [2.05, 4.69) is 24.4 Å². The topological polar surface area (TPSA) is 24.4 Å². The number of aliphatic imine (C=N–C) groups is 1. The summed E-state index contributed by atoms with van der Waals surface area (Å²) in [4.78, 5) is 5.73. The predicted molar refractivity (Wildman–Crippen MR) is 98.4 cm³/mol. The van der Waals surface area contributed by atoms with E-state index in [4.69, 9.17) is 28.8 Å². The number of rotatable bonds is 3. The minimum absolute atomic E-state index is 0.00128. The Bertz CT molecular complexity index is 725. The zero-order valence-corrected chi connectivity index (χ0v) is 13.9. The third-order valence-electron chi connectivity index (χ3n) is 3.69. The quantitative estimate of drug-likeness (QED) is 0.793. The van der Waals surface area contributed by atoms with Crippen molar-refractivity contribution < 1.29 is 0 Å². The van der Waals surface area contributed by atoms with Crippen molar-refractivity contribution in [1.82, 2.24) is 0 Å². The lowest BCUT2D eigenvalue weighted by atomic mass is 10.0. The van der Waals surface area contributed by atoms with Crippen LogP contribution >= 0.6 is 23.8 Å². The Labute approximate surface area is 141 Å². The van der Waals surface area contributed by atoms with Gasteiger partial charge in [-0.25, -0.2) is 0 Å². The molecule has 22 heavy (non-hydrogen) atoms. The summed E-state index contributed by atoms with van der Waals surface area (Å²) in [5, 5.41) is 4.04. The van der Waals surface area contributed by atoms with Gasteiger partial charge in [0.1, 0.15) is 11.0 Å². The van der Waals surface area contributed by atoms with Gasteiger partial charge in [-0.15, -0.1) is 0 Å². The first-order valence-corrected chi connectivity index (χ1v) is 8.21. The van der Waals surface area contributed by atoms with Gasteiger partial charge in [-0.1, -0.05) is 67.5 Å². The van der Waals surface area contributed by atoms with Crippen LogP contribution in [0.5, 0.6) is 0 Å². The van der Waals surface area contributed by atoms with Crippen LogP contribution in [0.1, 0.15) is 30.9 Å². The van der Waals surface area contributed by atoms with Crippen molar-refractivity contribution in [2.45, 2.75) is 25.8 Å². The van der Waals surface area contributed by atoms with Crippen LogP contribution in [-0.2, 0) is 0 Å². The highest BCUT2D eigenvalue weighted by atomic mass is 35.5. The van der Waals surface area contributed by atoms with Gasteiger partial charge in [0.15, 0.2) is 0 Å². The van der Waals surface area contributed by atoms with Crippen LogP contribution in [0.15, 0.2) is 53.5 Å². The summed E-state index contributed by atoms with van der Waals surface area (Å²) in [6, 6.07) is 16.0. The molecular weight excluding hydrogens is 312 g/mol. The molecule has 0 aromatic heterocycles. The zero-order chi connectivity index (χ0) is 15.5. The molecule has 1 N–H and O–H groups in total. The third kappa shape index (κ3) is 3.06. The van der Waals surface area contributed by atoms with Crippen LogP contribution in [0.25, 0.3) is 0 Å². The average Bonchev–Trinajstić information content (AvgIpc) is 2.66. The first-order chi connectivity index (χ1) is 10.7. The molecule has 0 radical (unpaired) electrons. The molecule has 2 aromatic rings. The molecule has 2 nitrogen and oxygen atoms in total. The van der Waals surface area contributed by atoms with E-state index in [1.54, 1.807) is 0 Å². The van der Waals surface area contributed by atoms with Gasteiger partial charge in [0.25, 0.3) is 0 Å². The summed E-state index contributed by atoms with van der Waals surface area (Å²) >= 11 is 11.7. The van der Waals surface area contributed by atoms with E-state index in [0.29, 0.717) is 5.02 Å². The van der Waals surface area contributed by atoms with Crippen molar-refractivity contribution in [3.63, 3.8) is 0 Å². The maximum absolute atomic E-state index is 6.20. The number of anilines is 1. The molecule has 4 heteroatoms. The van der Waals surface area contributed by atoms with Gasteiger partial charge in [-0.2, -0.15) is 0 Å². The first-order valence-electron chi connectivity index (χ1n) is 7.43. The van der Waals surface area contributed by atoms with E-state index in [1.807, 2.05) is 36.4 Å². The molecule has 0 saturated heterocycles. The second-order valence-electron chi connectivity index (χ2n) is 5.33. The summed E-state index contributed by atoms with van der Waals surface area (Å²) in [6.07, 6.45) is 1.97. The SMILES string of the molecule is CCCC1N=C(c2ccccc2)c2cc(Cl)ccc2NC1=S. The molecule has 0 saturated carbocycles. The third-order valence-corrected chi connectivity index (χ3v) is 4.30. The van der Waals surface area contributed by atoms with Crippen molar-refractivity contribution in [1.29, 1.82) is 0 Å². The molecule has 112 valence electrons. The normalized spacial score (nSPS) is 17.3. The highest BCUT2D eigenvalue weighted by molar-refractivity contribution is 7.80. The molecule has 3 rings (SSSR count). The fourth-order valence-corrected chi connectivity index (χ4v) is 3.07. The summed E-state index contributed by atoms with van der Waals surface area (Å²) in [6.45, 7) is 2.15. The van der Waals surface area contributed by atoms with Gasteiger partial charge in [-0.05, 0) is 24.6 Å². The second kappa shape index (κ2) is 6.59. The molecule has 1 atom stereocenters. The van der Waals surface area contributed by atoms with E-state index in [1.165, 1.54) is 0 Å². The molecule has 0 amide bonds. The number of benzodiazepines with no additional fused rings is 1. The van der Waals surface area contributed by atoms with Gasteiger partial charge in [-0.3, -0.25) is 4.99 Å². The Hall–Kier alpha value is -1.71. The monoisotopic (exact) mass is 328 g/mol. The molecule has 0 bridgehead atoms. The van der Waals surface area contributed by atoms with Crippen molar-refractivity contribution in [3.05, 3.63) is 64.7 Å². The highest BCUT2D eigenvalue weighted by Gasteiger charge is 2.22. The molecule has 1 aliphatic heterocycles. The Morgan fingerprint density at radius 1 is 1.18 bits per heavy atom. The fraction of sp³-hybridized carbons (Fsp3) is 0.222. The number of benzene rings is 2. The summed E-state index contributed by atoms with van der Waals surface area (Å²) in [7, 11) is 0. The van der Waals surface area contributed by atoms with E-state index in [9.17, 15) is 0 Å². The molecule has 0 fully saturated rings. The highest BCUT2D eigenvalue weighted by Crippen LogP contribution is 2.28. The summed E-state index contributed by atoms with van der Waals surface area (Å²) in [5.41, 5.74) is 4.00. The van der Waals surface area contributed by atoms with Crippen LogP contribution in [0.3, 0.4) is 0 Å². The number of halogens is 1. The number of nitrogens with one attached hydrogen (secondary N) is 1. The number of nitrogens with zero attached hydrogens (tertiary/aromatic N) is 1. The van der Waals surface area contributed by atoms with Gasteiger partial charge in [0, 0.05) is 21.8 Å². The Morgan fingerprint density at radius 2 is 1.95 bits per heavy atom. The maximum Gasteiger partial charge on any atom is 0.105 e. The molecular formula is C18H17ClN2S. The van der Waals surface area contributed by atoms with Crippen LogP contribution in [-0.4, -0.2) is 16.7 Å². The van der Waals surface area contributed by atoms with E-state index >= 15 is 0 Å². The van der Waals surface area contributed by atoms with E-state index in [0.717, 1.165) is 40.4 Å². The van der Waals surface area contributed by atoms with Gasteiger partial charge < -0.3 is 5.32 Å². The predicted octanol–water partition coefficient (Wildman–Crippen LogP) is 5.10. The molecule has 1 heterocycles. The fourth-order valence-electron chi connectivity index (χ4n) is 2.62. The van der Waals surface area contributed by atoms with Crippen LogP contribution < -0.4 is 5.32 Å². The van der Waals surface area contributed by atoms with Gasteiger partial charge >= 0.3 is 0 Å². The maximum atomic E-state index is 6.20. The second-order valence-corrected chi connectivity index (χ2v) is 6.20. The van der Waals surface area contributed by atoms with Crippen molar-refractivity contribution >= 4 is 40.2 Å². The van der Waals surface area contributed by atoms with Crippen molar-refractivity contribution in [2.24, 2.45) is 4.99 Å². The smallest absolute Gasteiger partial charge is 0.105 e. The zero-order valence-electron chi connectivity index (χ0n) is 12.3. The van der Waals surface area contributed by atoms with Crippen LogP contribution in [0.2, 0.25) is 5.02 Å². The van der Waals surface area contributed by atoms with Crippen LogP contribution in [0.4, 0.5) is 5.69 Å². The number of hydrogen-bond acceptors (Lipinski definition) is 2. The average molecular weight is 329 g/mol. The van der Waals surface area contributed by atoms with Gasteiger partial charge in [0.05, 0.1) is 5.71 Å². The lowest BCUT2D eigenvalue weighted by Crippen LogP contribution is -2.23. The minimum Gasteiger partial charge on any atom is -0.348 e. The minimum atomic E-state index is 0.00128. The lowest BCUT2D eigenvalue weighted by Gasteiger charge is -2.12. The summed E-state index contributed by atoms with van der Waals surface area (Å²) in [5.74, 6) is 0. The van der Waals surface area contributed by atoms with Crippen molar-refractivity contribution in [3.8, 4) is 0 Å². The standard InChI is InChI=1S/C18H17ClN2S/c1-2-6-16-18(22)21-15-10-9-13(19)11-14(15)17(20-16)12-7-4-3-5-8-12/h3-5,7-11,16H,2,6H2,1H3,(H,21,22). The Morgan fingerprint density at radius 3 is 2.68 bits per heavy atom. The molecule has 0 aliphatic carbocycles. The van der Waals surface area contributed by atoms with E-state index in [-0.39, 0.29) is 6.04 Å². The van der Waals surface area contributed by atoms with Crippen LogP contribution in [0, 0.1) is 0 Å². The molecule has 2 aromatic carbocycles. The Kier molecular flexibility index (Phi) is 4.55. The van der Waals surface area contributed by atoms with Crippen molar-refractivity contribution in [2.75, 3.05) is 5.32 Å². The molecule has 1 aliphatic rings. The number of fused-ring (bicyclic) bond motifs is 1. The Balaban J connectivity index is 2.18. The lowest BCUT2D eigenvalue weighted by molar-refractivity contribution is 0.739. The summed E-state index contributed by atoms with van der Waals surface area (Å²) < 4.78 is 0. The number of hydrogen-bond donors (Lipinski definition) is 1. The van der Waals surface area contributed by atoms with E-state index < -0.39 is 0 Å². The molecule has 0 spiro atoms. The van der Waals surface area contributed by atoms with Gasteiger partial charge in [0.2, 0.25) is 0 Å². The first kappa shape index (κ1) is 15.2. The number of thiocarbonyl (C=S) groups is 1. The molecule has 1 unspecified atom stereocenters.